The molecule has 0 saturated carbocycles. The van der Waals surface area contributed by atoms with Crippen LogP contribution >= 0.6 is 12.4 Å². The van der Waals surface area contributed by atoms with Crippen molar-refractivity contribution in [1.82, 2.24) is 30.4 Å². The third kappa shape index (κ3) is 6.90. The Morgan fingerprint density at radius 1 is 1.03 bits per heavy atom. The lowest BCUT2D eigenvalue weighted by molar-refractivity contribution is -0.145. The number of carbonyl (C=O) groups is 2. The number of hydrogen-bond acceptors (Lipinski definition) is 6. The fraction of sp³-hybridized carbons (Fsp3) is 0.483. The van der Waals surface area contributed by atoms with E-state index in [4.69, 9.17) is 5.10 Å². The summed E-state index contributed by atoms with van der Waals surface area (Å²) in [5, 5.41) is 15.9. The van der Waals surface area contributed by atoms with Crippen LogP contribution in [-0.4, -0.2) is 71.4 Å². The SMILES string of the molecule is CCNCCNC(=O)CN(CC(=O)N(C)N1Cc2ccccc2C1)c1cc2nn(CC)c(CC)c2cc1C.Cl. The van der Waals surface area contributed by atoms with Gasteiger partial charge in [0.05, 0.1) is 18.6 Å². The highest BCUT2D eigenvalue weighted by Gasteiger charge is 2.27. The molecule has 2 N–H and O–H groups in total. The molecular weight excluding hydrogens is 514 g/mol. The standard InChI is InChI=1S/C29H41N7O2.ClH/c1-6-26-24-15-21(4)27(16-25(24)32-36(26)8-3)34(19-28(37)31-14-13-30-7-2)20-29(38)33(5)35-17-22-11-9-10-12-23(22)18-35;/h9-12,15-16,30H,6-8,13-14,17-20H2,1-5H3,(H,31,37);1H. The van der Waals surface area contributed by atoms with Crippen molar-refractivity contribution >= 4 is 40.8 Å². The Labute approximate surface area is 237 Å². The maximum absolute atomic E-state index is 13.6. The number of benzene rings is 2. The molecule has 0 unspecified atom stereocenters. The Hall–Kier alpha value is -3.14. The van der Waals surface area contributed by atoms with Crippen LogP contribution in [0.4, 0.5) is 5.69 Å². The Bertz CT molecular complexity index is 1270. The number of nitrogens with one attached hydrogen (secondary N) is 2. The minimum absolute atomic E-state index is 0. The summed E-state index contributed by atoms with van der Waals surface area (Å²) >= 11 is 0. The van der Waals surface area contributed by atoms with E-state index in [9.17, 15) is 9.59 Å². The van der Waals surface area contributed by atoms with Crippen LogP contribution < -0.4 is 15.5 Å². The molecule has 2 amide bonds. The number of halogens is 1. The molecule has 0 aliphatic carbocycles. The van der Waals surface area contributed by atoms with Gasteiger partial charge in [0.1, 0.15) is 0 Å². The number of hydrogen-bond donors (Lipinski definition) is 2. The summed E-state index contributed by atoms with van der Waals surface area (Å²) in [6, 6.07) is 12.4. The van der Waals surface area contributed by atoms with E-state index in [1.54, 1.807) is 5.01 Å². The second kappa shape index (κ2) is 13.8. The maximum atomic E-state index is 13.6. The van der Waals surface area contributed by atoms with E-state index in [0.29, 0.717) is 26.2 Å². The van der Waals surface area contributed by atoms with Crippen molar-refractivity contribution in [2.75, 3.05) is 44.7 Å². The van der Waals surface area contributed by atoms with Crippen LogP contribution in [0.3, 0.4) is 0 Å². The first-order valence-corrected chi connectivity index (χ1v) is 13.7. The minimum atomic E-state index is -0.111. The smallest absolute Gasteiger partial charge is 0.256 e. The highest BCUT2D eigenvalue weighted by molar-refractivity contribution is 5.91. The van der Waals surface area contributed by atoms with E-state index in [0.717, 1.165) is 41.7 Å². The summed E-state index contributed by atoms with van der Waals surface area (Å²) in [6.45, 7) is 12.8. The van der Waals surface area contributed by atoms with E-state index >= 15 is 0 Å². The average molecular weight is 556 g/mol. The first kappa shape index (κ1) is 30.4. The van der Waals surface area contributed by atoms with E-state index in [-0.39, 0.29) is 37.3 Å². The van der Waals surface area contributed by atoms with Crippen molar-refractivity contribution < 1.29 is 9.59 Å². The number of nitrogens with zero attached hydrogens (tertiary/aromatic N) is 5. The van der Waals surface area contributed by atoms with Crippen molar-refractivity contribution in [2.24, 2.45) is 0 Å². The molecule has 9 nitrogen and oxygen atoms in total. The van der Waals surface area contributed by atoms with Gasteiger partial charge in [-0.2, -0.15) is 5.10 Å². The van der Waals surface area contributed by atoms with Gasteiger partial charge in [-0.15, -0.1) is 12.4 Å². The van der Waals surface area contributed by atoms with Crippen molar-refractivity contribution in [3.8, 4) is 0 Å². The number of fused-ring (bicyclic) bond motifs is 2. The summed E-state index contributed by atoms with van der Waals surface area (Å²) in [5.41, 5.74) is 6.45. The van der Waals surface area contributed by atoms with Gasteiger partial charge in [-0.1, -0.05) is 38.1 Å². The highest BCUT2D eigenvalue weighted by atomic mass is 35.5. The molecule has 39 heavy (non-hydrogen) atoms. The van der Waals surface area contributed by atoms with Gasteiger partial charge in [0.25, 0.3) is 5.91 Å². The molecule has 0 bridgehead atoms. The number of aryl methyl sites for hydroxylation is 3. The zero-order chi connectivity index (χ0) is 27.2. The average Bonchev–Trinajstić information content (AvgIpc) is 3.50. The number of carbonyl (C=O) groups excluding carboxylic acids is 2. The van der Waals surface area contributed by atoms with Crippen LogP contribution in [0.5, 0.6) is 0 Å². The number of rotatable bonds is 12. The van der Waals surface area contributed by atoms with Crippen molar-refractivity contribution in [1.29, 1.82) is 0 Å². The molecule has 2 aromatic carbocycles. The molecule has 4 rings (SSSR count). The highest BCUT2D eigenvalue weighted by Crippen LogP contribution is 2.29. The van der Waals surface area contributed by atoms with Crippen molar-refractivity contribution in [2.45, 2.75) is 53.8 Å². The number of amides is 2. The molecule has 0 atom stereocenters. The van der Waals surface area contributed by atoms with Gasteiger partial charge in [0, 0.05) is 56.5 Å². The first-order chi connectivity index (χ1) is 18.4. The lowest BCUT2D eigenvalue weighted by Crippen LogP contribution is -2.48. The van der Waals surface area contributed by atoms with Crippen LogP contribution in [0.15, 0.2) is 36.4 Å². The van der Waals surface area contributed by atoms with Crippen LogP contribution in [-0.2, 0) is 35.6 Å². The molecule has 0 saturated heterocycles. The molecule has 0 spiro atoms. The number of hydrazine groups is 1. The summed E-state index contributed by atoms with van der Waals surface area (Å²) < 4.78 is 2.04. The summed E-state index contributed by atoms with van der Waals surface area (Å²) in [5.74, 6) is -0.175. The number of aromatic nitrogens is 2. The molecule has 212 valence electrons. The molecule has 10 heteroatoms. The molecule has 0 radical (unpaired) electrons. The molecule has 1 aromatic heterocycles. The number of likely N-dealkylation sites (N-methyl/N-ethyl adjacent to an activating group) is 2. The van der Waals surface area contributed by atoms with E-state index in [1.807, 2.05) is 53.7 Å². The van der Waals surface area contributed by atoms with Crippen molar-refractivity contribution in [3.05, 3.63) is 58.8 Å². The van der Waals surface area contributed by atoms with Crippen LogP contribution in [0.2, 0.25) is 0 Å². The summed E-state index contributed by atoms with van der Waals surface area (Å²) in [7, 11) is 1.81. The van der Waals surface area contributed by atoms with Crippen LogP contribution in [0.1, 0.15) is 43.2 Å². The third-order valence-corrected chi connectivity index (χ3v) is 7.28. The lowest BCUT2D eigenvalue weighted by Gasteiger charge is -2.32. The van der Waals surface area contributed by atoms with Gasteiger partial charge in [0.2, 0.25) is 5.91 Å². The maximum Gasteiger partial charge on any atom is 0.256 e. The van der Waals surface area contributed by atoms with Gasteiger partial charge < -0.3 is 15.5 Å². The lowest BCUT2D eigenvalue weighted by atomic mass is 10.1. The van der Waals surface area contributed by atoms with Crippen LogP contribution in [0.25, 0.3) is 10.9 Å². The number of anilines is 1. The fourth-order valence-electron chi connectivity index (χ4n) is 5.18. The topological polar surface area (TPSA) is 85.7 Å². The quantitative estimate of drug-likeness (QED) is 0.334. The van der Waals surface area contributed by atoms with E-state index in [1.165, 1.54) is 16.8 Å². The predicted octanol–water partition coefficient (Wildman–Crippen LogP) is 3.27. The van der Waals surface area contributed by atoms with Gasteiger partial charge in [0.15, 0.2) is 0 Å². The summed E-state index contributed by atoms with van der Waals surface area (Å²) in [6.07, 6.45) is 0.891. The third-order valence-electron chi connectivity index (χ3n) is 7.28. The molecule has 1 aliphatic rings. The fourth-order valence-corrected chi connectivity index (χ4v) is 5.18. The molecule has 2 heterocycles. The Balaban J connectivity index is 0.00000420. The van der Waals surface area contributed by atoms with E-state index < -0.39 is 0 Å². The second-order valence-electron chi connectivity index (χ2n) is 9.84. The molecule has 0 fully saturated rings. The van der Waals surface area contributed by atoms with Gasteiger partial charge in [-0.05, 0) is 55.6 Å². The Morgan fingerprint density at radius 3 is 2.33 bits per heavy atom. The minimum Gasteiger partial charge on any atom is -0.353 e. The second-order valence-corrected chi connectivity index (χ2v) is 9.84. The van der Waals surface area contributed by atoms with Crippen molar-refractivity contribution in [3.63, 3.8) is 0 Å². The Kier molecular flexibility index (Phi) is 10.7. The molecule has 1 aliphatic heterocycles. The largest absolute Gasteiger partial charge is 0.353 e. The summed E-state index contributed by atoms with van der Waals surface area (Å²) in [4.78, 5) is 28.4. The molecule has 3 aromatic rings. The Morgan fingerprint density at radius 2 is 1.72 bits per heavy atom. The monoisotopic (exact) mass is 555 g/mol. The van der Waals surface area contributed by atoms with E-state index in [2.05, 4.69) is 42.7 Å². The normalized spacial score (nSPS) is 12.7. The van der Waals surface area contributed by atoms with Gasteiger partial charge in [-0.25, -0.2) is 5.01 Å². The van der Waals surface area contributed by atoms with Crippen LogP contribution in [0, 0.1) is 6.92 Å². The van der Waals surface area contributed by atoms with Gasteiger partial charge in [-0.3, -0.25) is 19.3 Å². The predicted molar refractivity (Wildman–Crippen MR) is 159 cm³/mol. The first-order valence-electron chi connectivity index (χ1n) is 13.7. The zero-order valence-electron chi connectivity index (χ0n) is 23.8. The zero-order valence-corrected chi connectivity index (χ0v) is 24.6. The molecular formula is C29H42ClN7O2. The van der Waals surface area contributed by atoms with Gasteiger partial charge >= 0.3 is 0 Å².